The Morgan fingerprint density at radius 3 is 2.37 bits per heavy atom. The fourth-order valence-corrected chi connectivity index (χ4v) is 5.83. The number of carbonyl (C=O) groups excluding carboxylic acids is 3. The van der Waals surface area contributed by atoms with Crippen LogP contribution in [0.25, 0.3) is 0 Å². The molecule has 9 heteroatoms. The number of thiophene rings is 1. The second-order valence-electron chi connectivity index (χ2n) is 7.81. The molecule has 0 saturated carbocycles. The predicted octanol–water partition coefficient (Wildman–Crippen LogP) is 5.71. The molecule has 1 fully saturated rings. The number of nitrogens with one attached hydrogen (secondary N) is 1. The average molecular weight is 508 g/mol. The van der Waals surface area contributed by atoms with Crippen LogP contribution >= 0.6 is 23.1 Å². The Balaban J connectivity index is 1.56. The van der Waals surface area contributed by atoms with Gasteiger partial charge < -0.3 is 10.1 Å². The molecule has 4 rings (SSSR count). The molecule has 1 aliphatic heterocycles. The number of thioether (sulfide) groups is 1. The van der Waals surface area contributed by atoms with Crippen LogP contribution in [0.1, 0.15) is 34.1 Å². The van der Waals surface area contributed by atoms with E-state index < -0.39 is 11.2 Å². The van der Waals surface area contributed by atoms with Gasteiger partial charge in [-0.05, 0) is 50.6 Å². The molecule has 1 N–H and O–H groups in total. The smallest absolute Gasteiger partial charge is 0.341 e. The summed E-state index contributed by atoms with van der Waals surface area (Å²) in [6.45, 7) is 5.69. The number of hydrogen-bond acceptors (Lipinski definition) is 7. The van der Waals surface area contributed by atoms with Crippen LogP contribution in [-0.4, -0.2) is 34.8 Å². The maximum absolute atomic E-state index is 13.4. The van der Waals surface area contributed by atoms with Crippen molar-refractivity contribution in [2.75, 3.05) is 16.8 Å². The number of hydrogen-bond donors (Lipinski definition) is 1. The van der Waals surface area contributed by atoms with Crippen LogP contribution < -0.4 is 10.2 Å². The van der Waals surface area contributed by atoms with Crippen LogP contribution in [0.15, 0.2) is 65.7 Å². The van der Waals surface area contributed by atoms with Gasteiger partial charge >= 0.3 is 5.97 Å². The number of amides is 2. The van der Waals surface area contributed by atoms with E-state index in [1.807, 2.05) is 74.5 Å². The van der Waals surface area contributed by atoms with E-state index in [9.17, 15) is 14.4 Å². The molecule has 1 unspecified atom stereocenters. The quantitative estimate of drug-likeness (QED) is 0.414. The van der Waals surface area contributed by atoms with Crippen LogP contribution in [0.4, 0.5) is 16.4 Å². The van der Waals surface area contributed by atoms with Crippen molar-refractivity contribution in [1.82, 2.24) is 0 Å². The molecular formula is C26H25N3O4S2. The van der Waals surface area contributed by atoms with Crippen LogP contribution in [0.5, 0.6) is 0 Å². The highest BCUT2D eigenvalue weighted by atomic mass is 32.2. The fourth-order valence-electron chi connectivity index (χ4n) is 3.61. The first kappa shape index (κ1) is 24.7. The van der Waals surface area contributed by atoms with Gasteiger partial charge in [-0.2, -0.15) is 0 Å². The SMILES string of the molecule is CCOC(=O)c1c(NC(=O)CC2SC(=Nc3ccccc3)N(c3ccccc3)C2=O)sc(C)c1C. The molecule has 180 valence electrons. The van der Waals surface area contributed by atoms with Crippen LogP contribution in [0.3, 0.4) is 0 Å². The van der Waals surface area contributed by atoms with E-state index in [1.165, 1.54) is 23.1 Å². The van der Waals surface area contributed by atoms with Gasteiger partial charge in [0.2, 0.25) is 11.8 Å². The summed E-state index contributed by atoms with van der Waals surface area (Å²) < 4.78 is 5.16. The number of esters is 1. The maximum atomic E-state index is 13.4. The molecule has 35 heavy (non-hydrogen) atoms. The highest BCUT2D eigenvalue weighted by Crippen LogP contribution is 2.37. The normalized spacial score (nSPS) is 16.5. The number of para-hydroxylation sites is 2. The first-order valence-electron chi connectivity index (χ1n) is 11.2. The topological polar surface area (TPSA) is 88.1 Å². The number of carbonyl (C=O) groups is 3. The van der Waals surface area contributed by atoms with Crippen LogP contribution in [0, 0.1) is 13.8 Å². The number of anilines is 2. The van der Waals surface area contributed by atoms with Gasteiger partial charge in [-0.15, -0.1) is 11.3 Å². The molecule has 1 aromatic heterocycles. The molecular weight excluding hydrogens is 482 g/mol. The largest absolute Gasteiger partial charge is 0.462 e. The number of nitrogens with zero attached hydrogens (tertiary/aromatic N) is 2. The minimum Gasteiger partial charge on any atom is -0.462 e. The van der Waals surface area contributed by atoms with E-state index in [1.54, 1.807) is 11.8 Å². The Morgan fingerprint density at radius 1 is 1.06 bits per heavy atom. The van der Waals surface area contributed by atoms with Crippen molar-refractivity contribution < 1.29 is 19.1 Å². The molecule has 3 aromatic rings. The van der Waals surface area contributed by atoms with E-state index >= 15 is 0 Å². The van der Waals surface area contributed by atoms with E-state index in [0.29, 0.717) is 21.4 Å². The highest BCUT2D eigenvalue weighted by Gasteiger charge is 2.40. The van der Waals surface area contributed by atoms with Crippen molar-refractivity contribution >= 4 is 62.4 Å². The molecule has 1 saturated heterocycles. The van der Waals surface area contributed by atoms with Gasteiger partial charge in [-0.1, -0.05) is 48.2 Å². The summed E-state index contributed by atoms with van der Waals surface area (Å²) in [6.07, 6.45) is -0.0566. The van der Waals surface area contributed by atoms with Crippen LogP contribution in [0.2, 0.25) is 0 Å². The van der Waals surface area contributed by atoms with Crippen molar-refractivity contribution in [3.63, 3.8) is 0 Å². The zero-order valence-corrected chi connectivity index (χ0v) is 21.2. The Bertz CT molecular complexity index is 1270. The molecule has 0 aliphatic carbocycles. The highest BCUT2D eigenvalue weighted by molar-refractivity contribution is 8.16. The van der Waals surface area contributed by atoms with Gasteiger partial charge in [0.05, 0.1) is 23.5 Å². The molecule has 0 bridgehead atoms. The molecule has 2 heterocycles. The molecule has 2 amide bonds. The van der Waals surface area contributed by atoms with Crippen molar-refractivity contribution in [2.45, 2.75) is 32.4 Å². The Labute approximate surface area is 212 Å². The first-order valence-corrected chi connectivity index (χ1v) is 12.8. The number of rotatable bonds is 7. The lowest BCUT2D eigenvalue weighted by atomic mass is 10.1. The van der Waals surface area contributed by atoms with Crippen molar-refractivity contribution in [2.24, 2.45) is 4.99 Å². The van der Waals surface area contributed by atoms with Crippen molar-refractivity contribution in [3.8, 4) is 0 Å². The number of aliphatic imine (C=N–C) groups is 1. The van der Waals surface area contributed by atoms with E-state index in [0.717, 1.165) is 16.1 Å². The summed E-state index contributed by atoms with van der Waals surface area (Å²) in [5, 5.41) is 3.14. The molecule has 1 atom stereocenters. The summed E-state index contributed by atoms with van der Waals surface area (Å²) in [7, 11) is 0. The van der Waals surface area contributed by atoms with E-state index in [4.69, 9.17) is 4.74 Å². The minimum absolute atomic E-state index is 0.0566. The number of benzene rings is 2. The van der Waals surface area contributed by atoms with Gasteiger partial charge in [-0.25, -0.2) is 9.79 Å². The Kier molecular flexibility index (Phi) is 7.67. The molecule has 0 radical (unpaired) electrons. The van der Waals surface area contributed by atoms with E-state index in [-0.39, 0.29) is 24.8 Å². The molecule has 0 spiro atoms. The number of amidine groups is 1. The van der Waals surface area contributed by atoms with Crippen molar-refractivity contribution in [3.05, 3.63) is 76.7 Å². The van der Waals surface area contributed by atoms with Gasteiger partial charge in [0, 0.05) is 11.3 Å². The average Bonchev–Trinajstić information content (AvgIpc) is 3.29. The Morgan fingerprint density at radius 2 is 1.71 bits per heavy atom. The lowest BCUT2D eigenvalue weighted by molar-refractivity contribution is -0.121. The van der Waals surface area contributed by atoms with Gasteiger partial charge in [0.25, 0.3) is 0 Å². The Hall–Kier alpha value is -3.43. The third-order valence-electron chi connectivity index (χ3n) is 5.42. The molecule has 2 aromatic carbocycles. The lowest BCUT2D eigenvalue weighted by Gasteiger charge is -2.16. The zero-order valence-electron chi connectivity index (χ0n) is 19.6. The summed E-state index contributed by atoms with van der Waals surface area (Å²) in [5.74, 6) is -1.03. The fraction of sp³-hybridized carbons (Fsp3) is 0.231. The zero-order chi connectivity index (χ0) is 24.9. The minimum atomic E-state index is -0.647. The summed E-state index contributed by atoms with van der Waals surface area (Å²) in [6, 6.07) is 18.6. The maximum Gasteiger partial charge on any atom is 0.341 e. The monoisotopic (exact) mass is 507 g/mol. The first-order chi connectivity index (χ1) is 16.9. The third kappa shape index (κ3) is 5.47. The summed E-state index contributed by atoms with van der Waals surface area (Å²) in [4.78, 5) is 46.0. The number of aryl methyl sites for hydroxylation is 1. The standard InChI is InChI=1S/C26H25N3O4S2/c1-4-33-25(32)22-16(2)17(3)34-23(22)28-21(30)15-20-24(31)29(19-13-9-6-10-14-19)26(35-20)27-18-11-7-5-8-12-18/h5-14,20H,4,15H2,1-3H3,(H,28,30). The summed E-state index contributed by atoms with van der Waals surface area (Å²) >= 11 is 2.58. The lowest BCUT2D eigenvalue weighted by Crippen LogP contribution is -2.33. The predicted molar refractivity (Wildman–Crippen MR) is 142 cm³/mol. The van der Waals surface area contributed by atoms with Gasteiger partial charge in [-0.3, -0.25) is 14.5 Å². The molecule has 1 aliphatic rings. The third-order valence-corrected chi connectivity index (χ3v) is 7.68. The van der Waals surface area contributed by atoms with Gasteiger partial charge in [0.1, 0.15) is 10.3 Å². The molecule has 7 nitrogen and oxygen atoms in total. The second-order valence-corrected chi connectivity index (χ2v) is 10.2. The van der Waals surface area contributed by atoms with Crippen molar-refractivity contribution in [1.29, 1.82) is 0 Å². The summed E-state index contributed by atoms with van der Waals surface area (Å²) in [5.41, 5.74) is 2.56. The number of ether oxygens (including phenoxy) is 1. The second kappa shape index (κ2) is 10.9. The van der Waals surface area contributed by atoms with E-state index in [2.05, 4.69) is 10.3 Å². The van der Waals surface area contributed by atoms with Gasteiger partial charge in [0.15, 0.2) is 5.17 Å². The van der Waals surface area contributed by atoms with Crippen LogP contribution in [-0.2, 0) is 14.3 Å².